The van der Waals surface area contributed by atoms with Crippen LogP contribution in [0.3, 0.4) is 0 Å². The number of halogens is 2. The Hall–Kier alpha value is -1.67. The Bertz CT molecular complexity index is 835. The summed E-state index contributed by atoms with van der Waals surface area (Å²) in [6, 6.07) is 10.8. The molecule has 144 valence electrons. The van der Waals surface area contributed by atoms with Crippen molar-refractivity contribution in [3.8, 4) is 0 Å². The average molecular weight is 455 g/mol. The van der Waals surface area contributed by atoms with Gasteiger partial charge in [-0.15, -0.1) is 0 Å². The zero-order valence-corrected chi connectivity index (χ0v) is 17.1. The quantitative estimate of drug-likeness (QED) is 0.728. The first-order valence-corrected chi connectivity index (χ1v) is 9.90. The van der Waals surface area contributed by atoms with E-state index in [1.165, 1.54) is 10.6 Å². The van der Waals surface area contributed by atoms with E-state index < -0.39 is 0 Å². The van der Waals surface area contributed by atoms with E-state index in [0.717, 1.165) is 23.1 Å². The van der Waals surface area contributed by atoms with Crippen LogP contribution in [0.15, 0.2) is 51.9 Å². The van der Waals surface area contributed by atoms with Crippen LogP contribution < -0.4 is 10.9 Å². The van der Waals surface area contributed by atoms with E-state index in [2.05, 4.69) is 26.1 Å². The van der Waals surface area contributed by atoms with Crippen LogP contribution in [0.4, 0.5) is 0 Å². The normalized spacial score (nSPS) is 16.1. The molecule has 2 heterocycles. The van der Waals surface area contributed by atoms with E-state index in [9.17, 15) is 9.59 Å². The monoisotopic (exact) mass is 453 g/mol. The van der Waals surface area contributed by atoms with E-state index in [-0.39, 0.29) is 24.1 Å². The molecule has 1 fully saturated rings. The van der Waals surface area contributed by atoms with Crippen LogP contribution in [0.1, 0.15) is 11.6 Å². The van der Waals surface area contributed by atoms with Crippen molar-refractivity contribution in [2.24, 2.45) is 0 Å². The van der Waals surface area contributed by atoms with E-state index in [0.29, 0.717) is 24.8 Å². The van der Waals surface area contributed by atoms with Gasteiger partial charge in [0.1, 0.15) is 6.54 Å². The number of amides is 1. The second-order valence-corrected chi connectivity index (χ2v) is 7.69. The number of pyridine rings is 1. The third kappa shape index (κ3) is 5.65. The molecule has 3 rings (SSSR count). The first kappa shape index (κ1) is 20.1. The van der Waals surface area contributed by atoms with Gasteiger partial charge >= 0.3 is 0 Å². The summed E-state index contributed by atoms with van der Waals surface area (Å²) in [5.74, 6) is -0.206. The van der Waals surface area contributed by atoms with Crippen LogP contribution in [0.2, 0.25) is 5.02 Å². The fourth-order valence-corrected chi connectivity index (χ4v) is 3.58. The fraction of sp³-hybridized carbons (Fsp3) is 0.368. The zero-order chi connectivity index (χ0) is 19.2. The lowest BCUT2D eigenvalue weighted by Gasteiger charge is -2.35. The van der Waals surface area contributed by atoms with Gasteiger partial charge in [0.25, 0.3) is 5.56 Å². The average Bonchev–Trinajstić information content (AvgIpc) is 2.67. The van der Waals surface area contributed by atoms with E-state index >= 15 is 0 Å². The molecule has 1 atom stereocenters. The number of aromatic nitrogens is 1. The summed E-state index contributed by atoms with van der Waals surface area (Å²) in [4.78, 5) is 26.6. The van der Waals surface area contributed by atoms with Gasteiger partial charge in [-0.2, -0.15) is 0 Å². The zero-order valence-electron chi connectivity index (χ0n) is 14.7. The summed E-state index contributed by atoms with van der Waals surface area (Å²) in [6.07, 6.45) is 1.61. The molecule has 1 aliphatic heterocycles. The SMILES string of the molecule is O=C(Cn1cc(Br)ccc1=O)NCC(c1ccc(Cl)cc1)N1CCOCC1. The Balaban J connectivity index is 1.68. The first-order chi connectivity index (χ1) is 13.0. The van der Waals surface area contributed by atoms with Crippen LogP contribution in [0, 0.1) is 0 Å². The van der Waals surface area contributed by atoms with Crippen molar-refractivity contribution < 1.29 is 9.53 Å². The highest BCUT2D eigenvalue weighted by Gasteiger charge is 2.23. The summed E-state index contributed by atoms with van der Waals surface area (Å²) in [7, 11) is 0. The highest BCUT2D eigenvalue weighted by Crippen LogP contribution is 2.23. The molecule has 27 heavy (non-hydrogen) atoms. The molecule has 1 unspecified atom stereocenters. The van der Waals surface area contributed by atoms with Gasteiger partial charge in [0.15, 0.2) is 0 Å². The van der Waals surface area contributed by atoms with Crippen molar-refractivity contribution >= 4 is 33.4 Å². The van der Waals surface area contributed by atoms with Gasteiger partial charge in [-0.3, -0.25) is 14.5 Å². The number of morpholine rings is 1. The van der Waals surface area contributed by atoms with Gasteiger partial charge in [0, 0.05) is 41.4 Å². The Morgan fingerprint density at radius 2 is 1.89 bits per heavy atom. The Kier molecular flexibility index (Phi) is 7.07. The lowest BCUT2D eigenvalue weighted by atomic mass is 10.0. The number of nitrogens with zero attached hydrogens (tertiary/aromatic N) is 2. The Morgan fingerprint density at radius 3 is 2.59 bits per heavy atom. The molecule has 1 N–H and O–H groups in total. The molecule has 1 amide bonds. The third-order valence-corrected chi connectivity index (χ3v) is 5.22. The third-order valence-electron chi connectivity index (χ3n) is 4.50. The largest absolute Gasteiger partial charge is 0.379 e. The summed E-state index contributed by atoms with van der Waals surface area (Å²) < 4.78 is 7.57. The maximum Gasteiger partial charge on any atom is 0.251 e. The van der Waals surface area contributed by atoms with Gasteiger partial charge in [0.05, 0.1) is 19.3 Å². The van der Waals surface area contributed by atoms with E-state index in [4.69, 9.17) is 16.3 Å². The summed E-state index contributed by atoms with van der Waals surface area (Å²) in [5.41, 5.74) is 0.872. The topological polar surface area (TPSA) is 63.6 Å². The van der Waals surface area contributed by atoms with Crippen LogP contribution in [0.5, 0.6) is 0 Å². The number of ether oxygens (including phenoxy) is 1. The molecule has 2 aromatic rings. The van der Waals surface area contributed by atoms with Crippen LogP contribution in [-0.4, -0.2) is 48.2 Å². The molecule has 1 aliphatic rings. The van der Waals surface area contributed by atoms with Crippen LogP contribution >= 0.6 is 27.5 Å². The first-order valence-electron chi connectivity index (χ1n) is 8.73. The number of benzene rings is 1. The summed E-state index contributed by atoms with van der Waals surface area (Å²) in [6.45, 7) is 3.37. The molecule has 1 aromatic carbocycles. The number of carbonyl (C=O) groups excluding carboxylic acids is 1. The number of hydrogen-bond acceptors (Lipinski definition) is 4. The minimum atomic E-state index is -0.212. The van der Waals surface area contributed by atoms with Gasteiger partial charge in [-0.25, -0.2) is 0 Å². The molecule has 0 spiro atoms. The molecule has 6 nitrogen and oxygen atoms in total. The summed E-state index contributed by atoms with van der Waals surface area (Å²) in [5, 5.41) is 3.64. The number of carbonyl (C=O) groups is 1. The van der Waals surface area contributed by atoms with Crippen molar-refractivity contribution in [3.63, 3.8) is 0 Å². The standard InChI is InChI=1S/C19H21BrClN3O3/c20-15-3-6-19(26)24(12-15)13-18(25)22-11-17(23-7-9-27-10-8-23)14-1-4-16(21)5-2-14/h1-6,12,17H,7-11,13H2,(H,22,25). The lowest BCUT2D eigenvalue weighted by Crippen LogP contribution is -2.44. The lowest BCUT2D eigenvalue weighted by molar-refractivity contribution is -0.122. The fourth-order valence-electron chi connectivity index (χ4n) is 3.08. The Labute approximate surface area is 171 Å². The predicted molar refractivity (Wildman–Crippen MR) is 108 cm³/mol. The van der Waals surface area contributed by atoms with Crippen molar-refractivity contribution in [3.05, 3.63) is 68.0 Å². The molecular formula is C19H21BrClN3O3. The van der Waals surface area contributed by atoms with Gasteiger partial charge in [0.2, 0.25) is 5.91 Å². The molecule has 0 bridgehead atoms. The molecule has 1 aromatic heterocycles. The predicted octanol–water partition coefficient (Wildman–Crippen LogP) is 2.45. The molecular weight excluding hydrogens is 434 g/mol. The van der Waals surface area contributed by atoms with Crippen LogP contribution in [-0.2, 0) is 16.1 Å². The highest BCUT2D eigenvalue weighted by atomic mass is 79.9. The second-order valence-electron chi connectivity index (χ2n) is 6.33. The molecule has 0 radical (unpaired) electrons. The minimum Gasteiger partial charge on any atom is -0.379 e. The van der Waals surface area contributed by atoms with Crippen molar-refractivity contribution in [2.75, 3.05) is 32.8 Å². The smallest absolute Gasteiger partial charge is 0.251 e. The molecule has 8 heteroatoms. The molecule has 1 saturated heterocycles. The number of hydrogen-bond donors (Lipinski definition) is 1. The maximum absolute atomic E-state index is 12.4. The number of rotatable bonds is 6. The summed E-state index contributed by atoms with van der Waals surface area (Å²) >= 11 is 9.32. The highest BCUT2D eigenvalue weighted by molar-refractivity contribution is 9.10. The van der Waals surface area contributed by atoms with Crippen molar-refractivity contribution in [1.29, 1.82) is 0 Å². The number of nitrogens with one attached hydrogen (secondary N) is 1. The van der Waals surface area contributed by atoms with Gasteiger partial charge in [-0.05, 0) is 39.7 Å². The second kappa shape index (κ2) is 9.50. The molecule has 0 saturated carbocycles. The van der Waals surface area contributed by atoms with E-state index in [1.807, 2.05) is 24.3 Å². The van der Waals surface area contributed by atoms with Gasteiger partial charge < -0.3 is 14.6 Å². The minimum absolute atomic E-state index is 0.0191. The van der Waals surface area contributed by atoms with Crippen molar-refractivity contribution in [1.82, 2.24) is 14.8 Å². The van der Waals surface area contributed by atoms with Gasteiger partial charge in [-0.1, -0.05) is 23.7 Å². The van der Waals surface area contributed by atoms with Crippen LogP contribution in [0.25, 0.3) is 0 Å². The van der Waals surface area contributed by atoms with E-state index in [1.54, 1.807) is 12.3 Å². The maximum atomic E-state index is 12.4. The molecule has 0 aliphatic carbocycles. The Morgan fingerprint density at radius 1 is 1.19 bits per heavy atom. The van der Waals surface area contributed by atoms with Crippen molar-refractivity contribution in [2.45, 2.75) is 12.6 Å².